The molecule has 2 aliphatic rings. The second kappa shape index (κ2) is 8.35. The van der Waals surface area contributed by atoms with Crippen LogP contribution in [0.2, 0.25) is 0 Å². The van der Waals surface area contributed by atoms with Crippen LogP contribution in [0.4, 0.5) is 4.79 Å². The molecule has 3 heterocycles. The molecule has 1 aromatic carbocycles. The van der Waals surface area contributed by atoms with Gasteiger partial charge in [0.15, 0.2) is 6.10 Å². The molecule has 1 aromatic heterocycles. The third-order valence-electron chi connectivity index (χ3n) is 5.84. The Hall–Kier alpha value is -3.07. The number of nitrogens with one attached hydrogen (secondary N) is 2. The van der Waals surface area contributed by atoms with E-state index >= 15 is 0 Å². The summed E-state index contributed by atoms with van der Waals surface area (Å²) in [5.41, 5.74) is 0.325. The predicted octanol–water partition coefficient (Wildman–Crippen LogP) is 1.24. The van der Waals surface area contributed by atoms with E-state index in [4.69, 9.17) is 9.47 Å². The summed E-state index contributed by atoms with van der Waals surface area (Å²) >= 11 is 0. The van der Waals surface area contributed by atoms with Crippen LogP contribution in [-0.2, 0) is 28.2 Å². The minimum atomic E-state index is -0.658. The fourth-order valence-corrected chi connectivity index (χ4v) is 4.15. The van der Waals surface area contributed by atoms with E-state index in [1.165, 1.54) is 0 Å². The number of fused-ring (bicyclic) bond motifs is 2. The predicted molar refractivity (Wildman–Crippen MR) is 109 cm³/mol. The number of benzene rings is 1. The van der Waals surface area contributed by atoms with Crippen LogP contribution >= 0.6 is 0 Å². The van der Waals surface area contributed by atoms with Gasteiger partial charge in [-0.25, -0.2) is 9.78 Å². The van der Waals surface area contributed by atoms with Crippen molar-refractivity contribution >= 4 is 11.9 Å². The van der Waals surface area contributed by atoms with Gasteiger partial charge in [-0.05, 0) is 17.7 Å². The maximum Gasteiger partial charge on any atom is 0.317 e. The first-order valence-corrected chi connectivity index (χ1v) is 10.1. The van der Waals surface area contributed by atoms with Crippen molar-refractivity contribution in [3.8, 4) is 5.75 Å². The number of piperidine rings is 1. The highest BCUT2D eigenvalue weighted by molar-refractivity contribution is 5.81. The van der Waals surface area contributed by atoms with E-state index in [1.54, 1.807) is 25.3 Å². The molecule has 2 aromatic rings. The van der Waals surface area contributed by atoms with Gasteiger partial charge in [0.1, 0.15) is 17.2 Å². The summed E-state index contributed by atoms with van der Waals surface area (Å²) in [6, 6.07) is 7.48. The van der Waals surface area contributed by atoms with Gasteiger partial charge in [0.05, 0.1) is 13.7 Å². The molecule has 1 spiro atoms. The Labute approximate surface area is 175 Å². The molecule has 2 aliphatic heterocycles. The van der Waals surface area contributed by atoms with E-state index in [1.807, 2.05) is 35.0 Å². The monoisotopic (exact) mass is 413 g/mol. The van der Waals surface area contributed by atoms with Crippen LogP contribution in [0.1, 0.15) is 24.2 Å². The Morgan fingerprint density at radius 3 is 2.67 bits per heavy atom. The summed E-state index contributed by atoms with van der Waals surface area (Å²) in [6.07, 6.45) is 4.20. The summed E-state index contributed by atoms with van der Waals surface area (Å²) in [4.78, 5) is 31.1. The van der Waals surface area contributed by atoms with Crippen molar-refractivity contribution in [1.82, 2.24) is 25.1 Å². The summed E-state index contributed by atoms with van der Waals surface area (Å²) in [5, 5.41) is 5.63. The molecule has 1 saturated heterocycles. The lowest BCUT2D eigenvalue weighted by atomic mass is 9.88. The molecule has 2 N–H and O–H groups in total. The van der Waals surface area contributed by atoms with E-state index < -0.39 is 11.7 Å². The molecule has 0 bridgehead atoms. The maximum atomic E-state index is 12.9. The van der Waals surface area contributed by atoms with Crippen LogP contribution < -0.4 is 15.4 Å². The highest BCUT2D eigenvalue weighted by Gasteiger charge is 2.47. The molecule has 0 aliphatic carbocycles. The van der Waals surface area contributed by atoms with Crippen molar-refractivity contribution in [2.24, 2.45) is 0 Å². The average Bonchev–Trinajstić information content (AvgIpc) is 3.27. The number of urea groups is 1. The highest BCUT2D eigenvalue weighted by atomic mass is 16.5. The number of carbonyl (C=O) groups excluding carboxylic acids is 2. The summed E-state index contributed by atoms with van der Waals surface area (Å²) in [7, 11) is 3.25. The van der Waals surface area contributed by atoms with Crippen molar-refractivity contribution < 1.29 is 19.1 Å². The van der Waals surface area contributed by atoms with Crippen molar-refractivity contribution in [1.29, 1.82) is 0 Å². The Kier molecular flexibility index (Phi) is 5.63. The number of ether oxygens (including phenoxy) is 2. The zero-order valence-corrected chi connectivity index (χ0v) is 17.3. The quantitative estimate of drug-likeness (QED) is 0.786. The summed E-state index contributed by atoms with van der Waals surface area (Å²) in [5.74, 6) is 1.45. The molecule has 9 heteroatoms. The van der Waals surface area contributed by atoms with Crippen molar-refractivity contribution in [3.05, 3.63) is 48.0 Å². The number of nitrogens with zero attached hydrogens (tertiary/aromatic N) is 3. The first kappa shape index (κ1) is 20.2. The van der Waals surface area contributed by atoms with Crippen molar-refractivity contribution in [2.75, 3.05) is 27.2 Å². The van der Waals surface area contributed by atoms with Gasteiger partial charge in [0.25, 0.3) is 5.91 Å². The molecule has 0 radical (unpaired) electrons. The van der Waals surface area contributed by atoms with Gasteiger partial charge < -0.3 is 29.6 Å². The standard InChI is InChI=1S/C21H27N5O4/c1-22-20(28)25-10-7-21(8-11-25)19-23-9-12-26(19)14-17(30-21)18(27)24-13-15-3-5-16(29-2)6-4-15/h3-6,9,12,17H,7-8,10-11,13-14H2,1-2H3,(H,22,28)(H,24,27). The van der Waals surface area contributed by atoms with E-state index in [2.05, 4.69) is 15.6 Å². The van der Waals surface area contributed by atoms with Crippen LogP contribution in [-0.4, -0.2) is 59.7 Å². The lowest BCUT2D eigenvalue weighted by Gasteiger charge is -2.45. The highest BCUT2D eigenvalue weighted by Crippen LogP contribution is 2.40. The number of amides is 3. The maximum absolute atomic E-state index is 12.9. The zero-order chi connectivity index (χ0) is 21.1. The second-order valence-electron chi connectivity index (χ2n) is 7.61. The molecular formula is C21H27N5O4. The number of methoxy groups -OCH3 is 1. The van der Waals surface area contributed by atoms with Crippen molar-refractivity contribution in [3.63, 3.8) is 0 Å². The van der Waals surface area contributed by atoms with Crippen molar-refractivity contribution in [2.45, 2.75) is 37.6 Å². The Balaban J connectivity index is 1.44. The fourth-order valence-electron chi connectivity index (χ4n) is 4.15. The molecule has 1 fully saturated rings. The number of hydrogen-bond acceptors (Lipinski definition) is 5. The number of imidazole rings is 1. The molecular weight excluding hydrogens is 386 g/mol. The number of aromatic nitrogens is 2. The Morgan fingerprint density at radius 1 is 1.27 bits per heavy atom. The van der Waals surface area contributed by atoms with Crippen LogP contribution in [0.3, 0.4) is 0 Å². The van der Waals surface area contributed by atoms with Crippen LogP contribution in [0, 0.1) is 0 Å². The second-order valence-corrected chi connectivity index (χ2v) is 7.61. The SMILES string of the molecule is CNC(=O)N1CCC2(CC1)OC(C(=O)NCc1ccc(OC)cc1)Cn1ccnc12. The fraction of sp³-hybridized carbons (Fsp3) is 0.476. The van der Waals surface area contributed by atoms with Gasteiger partial charge in [-0.2, -0.15) is 0 Å². The molecule has 0 saturated carbocycles. The molecule has 9 nitrogen and oxygen atoms in total. The van der Waals surface area contributed by atoms with Gasteiger partial charge in [-0.15, -0.1) is 0 Å². The lowest BCUT2D eigenvalue weighted by molar-refractivity contribution is -0.171. The zero-order valence-electron chi connectivity index (χ0n) is 17.3. The third-order valence-corrected chi connectivity index (χ3v) is 5.84. The number of hydrogen-bond donors (Lipinski definition) is 2. The van der Waals surface area contributed by atoms with Gasteiger partial charge in [0.2, 0.25) is 0 Å². The van der Waals surface area contributed by atoms with E-state index in [0.717, 1.165) is 17.1 Å². The lowest BCUT2D eigenvalue weighted by Crippen LogP contribution is -2.55. The molecule has 160 valence electrons. The van der Waals surface area contributed by atoms with Crippen LogP contribution in [0.15, 0.2) is 36.7 Å². The summed E-state index contributed by atoms with van der Waals surface area (Å²) < 4.78 is 13.5. The molecule has 1 atom stereocenters. The molecule has 3 amide bonds. The average molecular weight is 413 g/mol. The molecule has 1 unspecified atom stereocenters. The van der Waals surface area contributed by atoms with Gasteiger partial charge in [-0.3, -0.25) is 4.79 Å². The Morgan fingerprint density at radius 2 is 2.00 bits per heavy atom. The minimum absolute atomic E-state index is 0.0993. The number of rotatable bonds is 4. The topological polar surface area (TPSA) is 97.7 Å². The number of carbonyl (C=O) groups is 2. The normalized spacial score (nSPS) is 19.8. The summed E-state index contributed by atoms with van der Waals surface area (Å²) in [6.45, 7) is 1.93. The largest absolute Gasteiger partial charge is 0.497 e. The third kappa shape index (κ3) is 3.85. The van der Waals surface area contributed by atoms with Crippen LogP contribution in [0.25, 0.3) is 0 Å². The van der Waals surface area contributed by atoms with Crippen LogP contribution in [0.5, 0.6) is 5.75 Å². The first-order chi connectivity index (χ1) is 14.5. The molecule has 30 heavy (non-hydrogen) atoms. The minimum Gasteiger partial charge on any atom is -0.497 e. The van der Waals surface area contributed by atoms with Gasteiger partial charge in [0, 0.05) is 51.9 Å². The smallest absolute Gasteiger partial charge is 0.317 e. The van der Waals surface area contributed by atoms with E-state index in [9.17, 15) is 9.59 Å². The number of likely N-dealkylation sites (tertiary alicyclic amines) is 1. The Bertz CT molecular complexity index is 902. The van der Waals surface area contributed by atoms with Gasteiger partial charge >= 0.3 is 6.03 Å². The first-order valence-electron chi connectivity index (χ1n) is 10.1. The van der Waals surface area contributed by atoms with Gasteiger partial charge in [-0.1, -0.05) is 12.1 Å². The molecule has 4 rings (SSSR count). The van der Waals surface area contributed by atoms with E-state index in [-0.39, 0.29) is 11.9 Å². The van der Waals surface area contributed by atoms with E-state index in [0.29, 0.717) is 39.0 Å².